The monoisotopic (exact) mass is 270 g/mol. The lowest BCUT2D eigenvalue weighted by atomic mass is 10.1. The van der Waals surface area contributed by atoms with Crippen molar-refractivity contribution in [3.8, 4) is 12.3 Å². The third-order valence-corrected chi connectivity index (χ3v) is 3.35. The molecule has 0 aliphatic rings. The topological polar surface area (TPSA) is 0 Å². The van der Waals surface area contributed by atoms with Crippen LogP contribution in [0.2, 0.25) is 0 Å². The van der Waals surface area contributed by atoms with E-state index < -0.39 is 0 Å². The van der Waals surface area contributed by atoms with Gasteiger partial charge in [0.1, 0.15) is 0 Å². The molecule has 1 rings (SSSR count). The van der Waals surface area contributed by atoms with Crippen molar-refractivity contribution in [1.82, 2.24) is 0 Å². The number of aryl methyl sites for hydroxylation is 2. The molecule has 0 nitrogen and oxygen atoms in total. The summed E-state index contributed by atoms with van der Waals surface area (Å²) in [5.74, 6) is 2.66. The fourth-order valence-electron chi connectivity index (χ4n) is 1.11. The van der Waals surface area contributed by atoms with Gasteiger partial charge in [0.25, 0.3) is 0 Å². The Labute approximate surface area is 87.5 Å². The molecule has 0 N–H and O–H groups in total. The van der Waals surface area contributed by atoms with Crippen LogP contribution in [0.1, 0.15) is 17.5 Å². The standard InChI is InChI=1S/C11H11I/c1-3-4-7-10-8-5-6-9(2)11(10)12/h1,5-6,8H,4,7H2,2H3. The Morgan fingerprint density at radius 2 is 2.25 bits per heavy atom. The zero-order valence-electron chi connectivity index (χ0n) is 7.10. The summed E-state index contributed by atoms with van der Waals surface area (Å²) in [6.07, 6.45) is 7.04. The zero-order valence-corrected chi connectivity index (χ0v) is 9.26. The maximum atomic E-state index is 5.21. The second-order valence-corrected chi connectivity index (χ2v) is 3.83. The van der Waals surface area contributed by atoms with Crippen molar-refractivity contribution in [3.63, 3.8) is 0 Å². The second-order valence-electron chi connectivity index (χ2n) is 2.75. The highest BCUT2D eigenvalue weighted by molar-refractivity contribution is 14.1. The molecule has 1 aromatic rings. The summed E-state index contributed by atoms with van der Waals surface area (Å²) >= 11 is 2.38. The molecule has 0 amide bonds. The molecule has 0 radical (unpaired) electrons. The molecule has 0 fully saturated rings. The van der Waals surface area contributed by atoms with Crippen molar-refractivity contribution in [2.45, 2.75) is 19.8 Å². The summed E-state index contributed by atoms with van der Waals surface area (Å²) in [4.78, 5) is 0. The predicted octanol–water partition coefficient (Wildman–Crippen LogP) is 3.17. The number of terminal acetylenes is 1. The minimum atomic E-state index is 0.833. The van der Waals surface area contributed by atoms with Crippen molar-refractivity contribution in [3.05, 3.63) is 32.9 Å². The summed E-state index contributed by atoms with van der Waals surface area (Å²) in [6.45, 7) is 2.13. The lowest BCUT2D eigenvalue weighted by molar-refractivity contribution is 1.02. The van der Waals surface area contributed by atoms with Crippen LogP contribution in [-0.2, 0) is 6.42 Å². The van der Waals surface area contributed by atoms with Gasteiger partial charge in [-0.25, -0.2) is 0 Å². The predicted molar refractivity (Wildman–Crippen MR) is 61.1 cm³/mol. The van der Waals surface area contributed by atoms with Crippen LogP contribution < -0.4 is 0 Å². The van der Waals surface area contributed by atoms with Gasteiger partial charge in [0, 0.05) is 9.99 Å². The number of hydrogen-bond acceptors (Lipinski definition) is 0. The van der Waals surface area contributed by atoms with Gasteiger partial charge in [-0.15, -0.1) is 12.3 Å². The number of hydrogen-bond donors (Lipinski definition) is 0. The first-order valence-corrected chi connectivity index (χ1v) is 5.01. The molecule has 12 heavy (non-hydrogen) atoms. The molecule has 0 heterocycles. The van der Waals surface area contributed by atoms with E-state index in [1.54, 1.807) is 0 Å². The SMILES string of the molecule is C#CCCc1cccc(C)c1I. The maximum Gasteiger partial charge on any atom is 0.0191 e. The van der Waals surface area contributed by atoms with E-state index in [1.165, 1.54) is 14.7 Å². The van der Waals surface area contributed by atoms with E-state index in [2.05, 4.69) is 53.6 Å². The number of rotatable bonds is 2. The van der Waals surface area contributed by atoms with Gasteiger partial charge in [-0.1, -0.05) is 18.2 Å². The molecule has 0 saturated carbocycles. The van der Waals surface area contributed by atoms with Crippen LogP contribution in [0.5, 0.6) is 0 Å². The third-order valence-electron chi connectivity index (χ3n) is 1.81. The van der Waals surface area contributed by atoms with Crippen molar-refractivity contribution in [2.24, 2.45) is 0 Å². The maximum absolute atomic E-state index is 5.21. The summed E-state index contributed by atoms with van der Waals surface area (Å²) in [7, 11) is 0. The Kier molecular flexibility index (Phi) is 3.61. The second kappa shape index (κ2) is 4.51. The van der Waals surface area contributed by atoms with Crippen LogP contribution >= 0.6 is 22.6 Å². The van der Waals surface area contributed by atoms with Gasteiger partial charge in [-0.05, 0) is 47.1 Å². The highest BCUT2D eigenvalue weighted by Gasteiger charge is 1.99. The molecule has 0 atom stereocenters. The van der Waals surface area contributed by atoms with E-state index >= 15 is 0 Å². The van der Waals surface area contributed by atoms with E-state index in [4.69, 9.17) is 6.42 Å². The first-order valence-electron chi connectivity index (χ1n) is 3.93. The first-order chi connectivity index (χ1) is 5.75. The van der Waals surface area contributed by atoms with Crippen molar-refractivity contribution < 1.29 is 0 Å². The Morgan fingerprint density at radius 3 is 2.92 bits per heavy atom. The van der Waals surface area contributed by atoms with Crippen LogP contribution in [0.15, 0.2) is 18.2 Å². The minimum absolute atomic E-state index is 0.833. The van der Waals surface area contributed by atoms with E-state index in [0.717, 1.165) is 12.8 Å². The van der Waals surface area contributed by atoms with Crippen molar-refractivity contribution >= 4 is 22.6 Å². The normalized spacial score (nSPS) is 9.42. The summed E-state index contributed by atoms with van der Waals surface area (Å²) in [5.41, 5.74) is 2.71. The lowest BCUT2D eigenvalue weighted by Crippen LogP contribution is -1.90. The fourth-order valence-corrected chi connectivity index (χ4v) is 1.74. The molecule has 1 aromatic carbocycles. The highest BCUT2D eigenvalue weighted by atomic mass is 127. The smallest absolute Gasteiger partial charge is 0.0191 e. The van der Waals surface area contributed by atoms with Crippen LogP contribution in [0, 0.1) is 22.8 Å². The molecule has 0 saturated heterocycles. The summed E-state index contributed by atoms with van der Waals surface area (Å²) in [6, 6.07) is 6.36. The molecule has 0 unspecified atom stereocenters. The van der Waals surface area contributed by atoms with Crippen molar-refractivity contribution in [1.29, 1.82) is 0 Å². The molecule has 0 bridgehead atoms. The Hall–Kier alpha value is -0.490. The summed E-state index contributed by atoms with van der Waals surface area (Å²) in [5, 5.41) is 0. The largest absolute Gasteiger partial charge is 0.120 e. The molecule has 0 aliphatic carbocycles. The summed E-state index contributed by atoms with van der Waals surface area (Å²) < 4.78 is 1.35. The molecule has 0 spiro atoms. The lowest BCUT2D eigenvalue weighted by Gasteiger charge is -2.04. The van der Waals surface area contributed by atoms with E-state index in [9.17, 15) is 0 Å². The average molecular weight is 270 g/mol. The highest BCUT2D eigenvalue weighted by Crippen LogP contribution is 2.17. The number of benzene rings is 1. The van der Waals surface area contributed by atoms with Gasteiger partial charge in [-0.2, -0.15) is 0 Å². The molecular weight excluding hydrogens is 259 g/mol. The van der Waals surface area contributed by atoms with Gasteiger partial charge in [-0.3, -0.25) is 0 Å². The average Bonchev–Trinajstić information content (AvgIpc) is 2.08. The minimum Gasteiger partial charge on any atom is -0.120 e. The van der Waals surface area contributed by atoms with Gasteiger partial charge < -0.3 is 0 Å². The first kappa shape index (κ1) is 9.60. The van der Waals surface area contributed by atoms with Gasteiger partial charge in [0.05, 0.1) is 0 Å². The molecule has 1 heteroatoms. The van der Waals surface area contributed by atoms with Crippen molar-refractivity contribution in [2.75, 3.05) is 0 Å². The van der Waals surface area contributed by atoms with Crippen LogP contribution in [-0.4, -0.2) is 0 Å². The van der Waals surface area contributed by atoms with E-state index in [0.29, 0.717) is 0 Å². The van der Waals surface area contributed by atoms with Gasteiger partial charge in [0.15, 0.2) is 0 Å². The Balaban J connectivity index is 2.86. The van der Waals surface area contributed by atoms with E-state index in [1.807, 2.05) is 0 Å². The van der Waals surface area contributed by atoms with Gasteiger partial charge in [0.2, 0.25) is 0 Å². The Bertz CT molecular complexity index is 307. The van der Waals surface area contributed by atoms with E-state index in [-0.39, 0.29) is 0 Å². The molecule has 0 aromatic heterocycles. The van der Waals surface area contributed by atoms with Crippen LogP contribution in [0.3, 0.4) is 0 Å². The number of halogens is 1. The van der Waals surface area contributed by atoms with Crippen LogP contribution in [0.25, 0.3) is 0 Å². The Morgan fingerprint density at radius 1 is 1.50 bits per heavy atom. The van der Waals surface area contributed by atoms with Crippen LogP contribution in [0.4, 0.5) is 0 Å². The molecule has 0 aliphatic heterocycles. The quantitative estimate of drug-likeness (QED) is 0.572. The zero-order chi connectivity index (χ0) is 8.97. The fraction of sp³-hybridized carbons (Fsp3) is 0.273. The van der Waals surface area contributed by atoms with Gasteiger partial charge >= 0.3 is 0 Å². The molecule has 62 valence electrons. The molecular formula is C11H11I. The third kappa shape index (κ3) is 2.25.